The minimum Gasteiger partial charge on any atom is -0.374 e. The van der Waals surface area contributed by atoms with Gasteiger partial charge in [-0.3, -0.25) is 4.79 Å². The Morgan fingerprint density at radius 1 is 1.50 bits per heavy atom. The van der Waals surface area contributed by atoms with E-state index in [1.54, 1.807) is 26.1 Å². The summed E-state index contributed by atoms with van der Waals surface area (Å²) in [5, 5.41) is 14.4. The Morgan fingerprint density at radius 3 is 2.69 bits per heavy atom. The molecular formula is C12H15N3O. The molecule has 0 aliphatic carbocycles. The standard InChI is InChI=1S/C12H15N3O/c1-8-6-10(7-13)4-5-11(8)15-9(2)12(16)14-3/h4-6,9,15H,1-3H3,(H,14,16). The molecule has 1 amide bonds. The van der Waals surface area contributed by atoms with Crippen molar-refractivity contribution in [2.24, 2.45) is 0 Å². The number of hydrogen-bond donors (Lipinski definition) is 2. The van der Waals surface area contributed by atoms with Crippen molar-refractivity contribution in [2.45, 2.75) is 19.9 Å². The number of nitrogens with one attached hydrogen (secondary N) is 2. The van der Waals surface area contributed by atoms with Crippen molar-refractivity contribution >= 4 is 11.6 Å². The summed E-state index contributed by atoms with van der Waals surface area (Å²) >= 11 is 0. The molecule has 0 fully saturated rings. The molecule has 4 nitrogen and oxygen atoms in total. The van der Waals surface area contributed by atoms with Crippen LogP contribution >= 0.6 is 0 Å². The number of anilines is 1. The quantitative estimate of drug-likeness (QED) is 0.804. The third kappa shape index (κ3) is 2.74. The van der Waals surface area contributed by atoms with Gasteiger partial charge >= 0.3 is 0 Å². The van der Waals surface area contributed by atoms with Crippen LogP contribution in [0.2, 0.25) is 0 Å². The van der Waals surface area contributed by atoms with Gasteiger partial charge in [0.25, 0.3) is 0 Å². The Hall–Kier alpha value is -2.02. The predicted octanol–water partition coefficient (Wildman–Crippen LogP) is 1.41. The lowest BCUT2D eigenvalue weighted by atomic mass is 10.1. The Bertz CT molecular complexity index is 434. The van der Waals surface area contributed by atoms with Crippen molar-refractivity contribution in [3.8, 4) is 6.07 Å². The van der Waals surface area contributed by atoms with Gasteiger partial charge in [0.15, 0.2) is 0 Å². The first-order valence-electron chi connectivity index (χ1n) is 5.07. The first-order valence-corrected chi connectivity index (χ1v) is 5.07. The van der Waals surface area contributed by atoms with Crippen LogP contribution in [-0.4, -0.2) is 19.0 Å². The molecule has 0 saturated heterocycles. The maximum atomic E-state index is 11.3. The Morgan fingerprint density at radius 2 is 2.19 bits per heavy atom. The minimum absolute atomic E-state index is 0.0660. The first-order chi connectivity index (χ1) is 7.58. The number of aryl methyl sites for hydroxylation is 1. The fraction of sp³-hybridized carbons (Fsp3) is 0.333. The predicted molar refractivity (Wildman–Crippen MR) is 63.0 cm³/mol. The van der Waals surface area contributed by atoms with Crippen molar-refractivity contribution in [3.05, 3.63) is 29.3 Å². The zero-order chi connectivity index (χ0) is 12.1. The molecule has 0 radical (unpaired) electrons. The van der Waals surface area contributed by atoms with Gasteiger partial charge < -0.3 is 10.6 Å². The van der Waals surface area contributed by atoms with E-state index in [2.05, 4.69) is 16.7 Å². The van der Waals surface area contributed by atoms with E-state index in [-0.39, 0.29) is 11.9 Å². The number of benzene rings is 1. The summed E-state index contributed by atoms with van der Waals surface area (Å²) < 4.78 is 0. The summed E-state index contributed by atoms with van der Waals surface area (Å²) in [6.07, 6.45) is 0. The van der Waals surface area contributed by atoms with E-state index in [0.29, 0.717) is 5.56 Å². The third-order valence-corrected chi connectivity index (χ3v) is 2.37. The second kappa shape index (κ2) is 5.17. The normalized spacial score (nSPS) is 11.4. The van der Waals surface area contributed by atoms with Gasteiger partial charge in [0.05, 0.1) is 11.6 Å². The van der Waals surface area contributed by atoms with Crippen LogP contribution in [0.4, 0.5) is 5.69 Å². The highest BCUT2D eigenvalue weighted by atomic mass is 16.2. The van der Waals surface area contributed by atoms with Gasteiger partial charge in [0, 0.05) is 12.7 Å². The molecule has 0 aliphatic heterocycles. The Balaban J connectivity index is 2.83. The maximum Gasteiger partial charge on any atom is 0.241 e. The molecule has 4 heteroatoms. The molecule has 0 saturated carbocycles. The molecule has 1 aromatic rings. The number of carbonyl (C=O) groups is 1. The average Bonchev–Trinajstić information content (AvgIpc) is 2.30. The summed E-state index contributed by atoms with van der Waals surface area (Å²) in [6, 6.07) is 7.11. The second-order valence-electron chi connectivity index (χ2n) is 3.62. The number of rotatable bonds is 3. The van der Waals surface area contributed by atoms with Crippen LogP contribution in [0.1, 0.15) is 18.1 Å². The minimum atomic E-state index is -0.295. The van der Waals surface area contributed by atoms with Crippen LogP contribution in [0.15, 0.2) is 18.2 Å². The summed E-state index contributed by atoms with van der Waals surface area (Å²) in [7, 11) is 1.60. The molecule has 2 N–H and O–H groups in total. The number of hydrogen-bond acceptors (Lipinski definition) is 3. The molecule has 1 atom stereocenters. The van der Waals surface area contributed by atoms with Gasteiger partial charge in [-0.1, -0.05) is 0 Å². The lowest BCUT2D eigenvalue weighted by Crippen LogP contribution is -2.35. The van der Waals surface area contributed by atoms with Crippen LogP contribution in [0.3, 0.4) is 0 Å². The molecule has 1 aromatic carbocycles. The number of carbonyl (C=O) groups excluding carboxylic acids is 1. The van der Waals surface area contributed by atoms with Crippen molar-refractivity contribution in [1.82, 2.24) is 5.32 Å². The van der Waals surface area contributed by atoms with Gasteiger partial charge in [-0.25, -0.2) is 0 Å². The first kappa shape index (κ1) is 12.1. The van der Waals surface area contributed by atoms with Gasteiger partial charge in [-0.2, -0.15) is 5.26 Å². The summed E-state index contributed by atoms with van der Waals surface area (Å²) in [6.45, 7) is 3.69. The number of amides is 1. The van der Waals surface area contributed by atoms with E-state index in [4.69, 9.17) is 5.26 Å². The van der Waals surface area contributed by atoms with E-state index < -0.39 is 0 Å². The molecule has 84 valence electrons. The largest absolute Gasteiger partial charge is 0.374 e. The Labute approximate surface area is 95.3 Å². The van der Waals surface area contributed by atoms with E-state index in [1.807, 2.05) is 13.0 Å². The van der Waals surface area contributed by atoms with Crippen molar-refractivity contribution in [3.63, 3.8) is 0 Å². The van der Waals surface area contributed by atoms with Gasteiger partial charge in [0.2, 0.25) is 5.91 Å². The van der Waals surface area contributed by atoms with Gasteiger partial charge in [0.1, 0.15) is 6.04 Å². The number of nitrogens with zero attached hydrogens (tertiary/aromatic N) is 1. The fourth-order valence-corrected chi connectivity index (χ4v) is 1.41. The van der Waals surface area contributed by atoms with Gasteiger partial charge in [-0.05, 0) is 37.6 Å². The van der Waals surface area contributed by atoms with E-state index in [1.165, 1.54) is 0 Å². The molecule has 0 bridgehead atoms. The third-order valence-electron chi connectivity index (χ3n) is 2.37. The van der Waals surface area contributed by atoms with Crippen molar-refractivity contribution < 1.29 is 4.79 Å². The monoisotopic (exact) mass is 217 g/mol. The summed E-state index contributed by atoms with van der Waals surface area (Å²) in [5.41, 5.74) is 2.44. The maximum absolute atomic E-state index is 11.3. The zero-order valence-corrected chi connectivity index (χ0v) is 9.66. The molecule has 1 rings (SSSR count). The lowest BCUT2D eigenvalue weighted by Gasteiger charge is -2.15. The number of nitriles is 1. The highest BCUT2D eigenvalue weighted by molar-refractivity contribution is 5.84. The molecule has 16 heavy (non-hydrogen) atoms. The summed E-state index contributed by atoms with van der Waals surface area (Å²) in [4.78, 5) is 11.3. The highest BCUT2D eigenvalue weighted by Crippen LogP contribution is 2.16. The zero-order valence-electron chi connectivity index (χ0n) is 9.66. The lowest BCUT2D eigenvalue weighted by molar-refractivity contribution is -0.121. The number of likely N-dealkylation sites (N-methyl/N-ethyl adjacent to an activating group) is 1. The molecule has 0 spiro atoms. The van der Waals surface area contributed by atoms with E-state index in [9.17, 15) is 4.79 Å². The van der Waals surface area contributed by atoms with Crippen molar-refractivity contribution in [2.75, 3.05) is 12.4 Å². The SMILES string of the molecule is CNC(=O)C(C)Nc1ccc(C#N)cc1C. The smallest absolute Gasteiger partial charge is 0.241 e. The molecule has 1 unspecified atom stereocenters. The molecular weight excluding hydrogens is 202 g/mol. The highest BCUT2D eigenvalue weighted by Gasteiger charge is 2.11. The molecule has 0 heterocycles. The fourth-order valence-electron chi connectivity index (χ4n) is 1.41. The van der Waals surface area contributed by atoms with Crippen molar-refractivity contribution in [1.29, 1.82) is 5.26 Å². The summed E-state index contributed by atoms with van der Waals surface area (Å²) in [5.74, 6) is -0.0660. The average molecular weight is 217 g/mol. The van der Waals surface area contributed by atoms with Gasteiger partial charge in [-0.15, -0.1) is 0 Å². The topological polar surface area (TPSA) is 64.9 Å². The van der Waals surface area contributed by atoms with Crippen LogP contribution in [0.25, 0.3) is 0 Å². The Kier molecular flexibility index (Phi) is 3.90. The molecule has 0 aliphatic rings. The van der Waals surface area contributed by atoms with Crippen LogP contribution in [-0.2, 0) is 4.79 Å². The van der Waals surface area contributed by atoms with E-state index >= 15 is 0 Å². The van der Waals surface area contributed by atoms with E-state index in [0.717, 1.165) is 11.3 Å². The van der Waals surface area contributed by atoms with Crippen LogP contribution in [0.5, 0.6) is 0 Å². The van der Waals surface area contributed by atoms with Crippen LogP contribution in [0, 0.1) is 18.3 Å². The second-order valence-corrected chi connectivity index (χ2v) is 3.62. The van der Waals surface area contributed by atoms with Crippen LogP contribution < -0.4 is 10.6 Å². The molecule has 0 aromatic heterocycles.